The largest absolute Gasteiger partial charge is 0.392 e. The fourth-order valence-electron chi connectivity index (χ4n) is 3.20. The standard InChI is InChI=1S/C23H24N4O/c1-17-5-3-9-25-22(17)14-27(15-23-18(2)6-4-10-26-23)13-20-8-7-19(12-24)11-21(20)16-28/h3-11,28H,13-16H2,1-2H3. The van der Waals surface area contributed by atoms with Crippen molar-refractivity contribution in [1.82, 2.24) is 14.9 Å². The Morgan fingerprint density at radius 2 is 1.50 bits per heavy atom. The first-order valence-corrected chi connectivity index (χ1v) is 9.27. The smallest absolute Gasteiger partial charge is 0.0991 e. The molecule has 0 bridgehead atoms. The number of nitrogens with zero attached hydrogens (tertiary/aromatic N) is 4. The zero-order chi connectivity index (χ0) is 19.9. The molecule has 0 radical (unpaired) electrons. The molecule has 142 valence electrons. The number of aliphatic hydroxyl groups excluding tert-OH is 1. The quantitative estimate of drug-likeness (QED) is 0.685. The summed E-state index contributed by atoms with van der Waals surface area (Å²) < 4.78 is 0. The maximum atomic E-state index is 9.77. The molecule has 1 N–H and O–H groups in total. The van der Waals surface area contributed by atoms with Crippen molar-refractivity contribution in [3.63, 3.8) is 0 Å². The molecule has 0 fully saturated rings. The zero-order valence-corrected chi connectivity index (χ0v) is 16.3. The molecule has 0 unspecified atom stereocenters. The lowest BCUT2D eigenvalue weighted by Gasteiger charge is -2.24. The highest BCUT2D eigenvalue weighted by atomic mass is 16.3. The lowest BCUT2D eigenvalue weighted by molar-refractivity contribution is 0.234. The van der Waals surface area contributed by atoms with Crippen molar-refractivity contribution < 1.29 is 5.11 Å². The van der Waals surface area contributed by atoms with E-state index in [4.69, 9.17) is 5.26 Å². The van der Waals surface area contributed by atoms with Crippen LogP contribution in [-0.2, 0) is 26.2 Å². The van der Waals surface area contributed by atoms with Gasteiger partial charge >= 0.3 is 0 Å². The van der Waals surface area contributed by atoms with Crippen LogP contribution in [0.15, 0.2) is 54.9 Å². The number of nitriles is 1. The minimum absolute atomic E-state index is 0.0933. The van der Waals surface area contributed by atoms with Gasteiger partial charge in [-0.25, -0.2) is 0 Å². The van der Waals surface area contributed by atoms with Gasteiger partial charge in [0, 0.05) is 32.0 Å². The summed E-state index contributed by atoms with van der Waals surface area (Å²) in [7, 11) is 0. The fraction of sp³-hybridized carbons (Fsp3) is 0.261. The molecule has 0 atom stereocenters. The second-order valence-electron chi connectivity index (χ2n) is 6.93. The second-order valence-corrected chi connectivity index (χ2v) is 6.93. The van der Waals surface area contributed by atoms with Crippen LogP contribution in [0.4, 0.5) is 0 Å². The highest BCUT2D eigenvalue weighted by Crippen LogP contribution is 2.19. The van der Waals surface area contributed by atoms with Gasteiger partial charge in [0.15, 0.2) is 0 Å². The summed E-state index contributed by atoms with van der Waals surface area (Å²) in [6.45, 7) is 6.01. The molecule has 5 heteroatoms. The Morgan fingerprint density at radius 1 is 0.893 bits per heavy atom. The predicted molar refractivity (Wildman–Crippen MR) is 108 cm³/mol. The lowest BCUT2D eigenvalue weighted by atomic mass is 10.0. The number of benzene rings is 1. The molecule has 0 saturated carbocycles. The van der Waals surface area contributed by atoms with Gasteiger partial charge in [-0.2, -0.15) is 5.26 Å². The highest BCUT2D eigenvalue weighted by molar-refractivity contribution is 5.38. The van der Waals surface area contributed by atoms with E-state index < -0.39 is 0 Å². The summed E-state index contributed by atoms with van der Waals surface area (Å²) in [5.74, 6) is 0. The van der Waals surface area contributed by atoms with Crippen molar-refractivity contribution in [2.24, 2.45) is 0 Å². The Bertz CT molecular complexity index is 946. The topological polar surface area (TPSA) is 73.0 Å². The second kappa shape index (κ2) is 9.23. The first-order valence-electron chi connectivity index (χ1n) is 9.27. The minimum Gasteiger partial charge on any atom is -0.392 e. The Labute approximate surface area is 165 Å². The van der Waals surface area contributed by atoms with Gasteiger partial charge in [-0.05, 0) is 60.4 Å². The number of rotatable bonds is 7. The van der Waals surface area contributed by atoms with E-state index >= 15 is 0 Å². The van der Waals surface area contributed by atoms with Gasteiger partial charge in [-0.15, -0.1) is 0 Å². The van der Waals surface area contributed by atoms with Crippen molar-refractivity contribution >= 4 is 0 Å². The van der Waals surface area contributed by atoms with Crippen LogP contribution >= 0.6 is 0 Å². The van der Waals surface area contributed by atoms with Crippen LogP contribution < -0.4 is 0 Å². The zero-order valence-electron chi connectivity index (χ0n) is 16.3. The predicted octanol–water partition coefficient (Wildman–Crippen LogP) is 3.66. The van der Waals surface area contributed by atoms with Gasteiger partial charge in [0.25, 0.3) is 0 Å². The molecular weight excluding hydrogens is 348 g/mol. The van der Waals surface area contributed by atoms with Gasteiger partial charge in [0.2, 0.25) is 0 Å². The summed E-state index contributed by atoms with van der Waals surface area (Å²) in [6, 6.07) is 15.6. The van der Waals surface area contributed by atoms with Crippen LogP contribution in [0.25, 0.3) is 0 Å². The van der Waals surface area contributed by atoms with E-state index in [0.29, 0.717) is 25.2 Å². The third kappa shape index (κ3) is 4.80. The summed E-state index contributed by atoms with van der Waals surface area (Å²) >= 11 is 0. The molecule has 3 rings (SSSR count). The molecular formula is C23H24N4O. The normalized spacial score (nSPS) is 10.8. The molecule has 2 heterocycles. The Kier molecular flexibility index (Phi) is 6.49. The minimum atomic E-state index is -0.0933. The number of hydrogen-bond acceptors (Lipinski definition) is 5. The van der Waals surface area contributed by atoms with Crippen molar-refractivity contribution in [3.8, 4) is 6.07 Å². The lowest BCUT2D eigenvalue weighted by Crippen LogP contribution is -2.25. The van der Waals surface area contributed by atoms with Crippen molar-refractivity contribution in [1.29, 1.82) is 5.26 Å². The molecule has 0 aliphatic carbocycles. The average Bonchev–Trinajstić information content (AvgIpc) is 2.71. The van der Waals surface area contributed by atoms with Crippen molar-refractivity contribution in [2.75, 3.05) is 0 Å². The Balaban J connectivity index is 1.91. The highest BCUT2D eigenvalue weighted by Gasteiger charge is 2.14. The van der Waals surface area contributed by atoms with E-state index in [1.54, 1.807) is 12.1 Å². The maximum absolute atomic E-state index is 9.77. The molecule has 0 aliphatic rings. The third-order valence-corrected chi connectivity index (χ3v) is 4.88. The molecule has 1 aromatic carbocycles. The number of hydrogen-bond donors (Lipinski definition) is 1. The van der Waals surface area contributed by atoms with Crippen molar-refractivity contribution in [2.45, 2.75) is 40.1 Å². The summed E-state index contributed by atoms with van der Waals surface area (Å²) in [4.78, 5) is 11.3. The molecule has 0 spiro atoms. The van der Waals surface area contributed by atoms with E-state index in [1.165, 1.54) is 0 Å². The first-order chi connectivity index (χ1) is 13.6. The monoisotopic (exact) mass is 372 g/mol. The van der Waals surface area contributed by atoms with E-state index in [1.807, 2.05) is 30.6 Å². The van der Waals surface area contributed by atoms with Crippen LogP contribution in [0, 0.1) is 25.2 Å². The number of pyridine rings is 2. The summed E-state index contributed by atoms with van der Waals surface area (Å²) in [6.07, 6.45) is 3.63. The van der Waals surface area contributed by atoms with Gasteiger partial charge in [0.1, 0.15) is 0 Å². The van der Waals surface area contributed by atoms with E-state index in [2.05, 4.69) is 46.9 Å². The Hall–Kier alpha value is -3.07. The van der Waals surface area contributed by atoms with Crippen LogP contribution in [0.1, 0.15) is 39.2 Å². The molecule has 0 amide bonds. The first kappa shape index (κ1) is 19.7. The van der Waals surface area contributed by atoms with Gasteiger partial charge in [-0.3, -0.25) is 14.9 Å². The van der Waals surface area contributed by atoms with Gasteiger partial charge in [0.05, 0.1) is 29.6 Å². The SMILES string of the molecule is Cc1cccnc1CN(Cc1ccc(C#N)cc1CO)Cc1ncccc1C. The van der Waals surface area contributed by atoms with E-state index in [9.17, 15) is 5.11 Å². The van der Waals surface area contributed by atoms with Crippen LogP contribution in [0.3, 0.4) is 0 Å². The molecule has 0 aliphatic heterocycles. The summed E-state index contributed by atoms with van der Waals surface area (Å²) in [5, 5.41) is 18.9. The molecule has 3 aromatic rings. The number of aliphatic hydroxyl groups is 1. The van der Waals surface area contributed by atoms with Crippen LogP contribution in [-0.4, -0.2) is 20.0 Å². The molecule has 0 saturated heterocycles. The van der Waals surface area contributed by atoms with Crippen LogP contribution in [0.5, 0.6) is 0 Å². The van der Waals surface area contributed by atoms with Crippen LogP contribution in [0.2, 0.25) is 0 Å². The van der Waals surface area contributed by atoms with Crippen molar-refractivity contribution in [3.05, 3.63) is 94.1 Å². The molecule has 2 aromatic heterocycles. The Morgan fingerprint density at radius 3 is 2.00 bits per heavy atom. The number of aryl methyl sites for hydroxylation is 2. The number of aromatic nitrogens is 2. The van der Waals surface area contributed by atoms with E-state index in [0.717, 1.165) is 33.6 Å². The third-order valence-electron chi connectivity index (χ3n) is 4.88. The van der Waals surface area contributed by atoms with Gasteiger partial charge in [-0.1, -0.05) is 18.2 Å². The fourth-order valence-corrected chi connectivity index (χ4v) is 3.20. The van der Waals surface area contributed by atoms with Gasteiger partial charge < -0.3 is 5.11 Å². The van der Waals surface area contributed by atoms with E-state index in [-0.39, 0.29) is 6.61 Å². The summed E-state index contributed by atoms with van der Waals surface area (Å²) in [5.41, 5.74) is 6.68. The molecule has 28 heavy (non-hydrogen) atoms. The average molecular weight is 372 g/mol. The molecule has 5 nitrogen and oxygen atoms in total. The maximum Gasteiger partial charge on any atom is 0.0991 e.